The largest absolute Gasteiger partial charge is 0.493 e. The van der Waals surface area contributed by atoms with Gasteiger partial charge in [-0.3, -0.25) is 0 Å². The molecule has 0 aromatic heterocycles. The van der Waals surface area contributed by atoms with Crippen molar-refractivity contribution in [1.82, 2.24) is 0 Å². The Bertz CT molecular complexity index is 408. The zero-order valence-corrected chi connectivity index (χ0v) is 10.5. The number of anilines is 1. The Morgan fingerprint density at radius 1 is 1.28 bits per heavy atom. The SMILES string of the molecule is COc1ccc(NC(C)C2CC2)cc1OC(F)F. The standard InChI is InChI=1S/C13H17F2NO2/c1-8(9-3-4-9)16-10-5-6-11(17-2)12(7-10)18-13(14)15/h5-9,13,16H,3-4H2,1-2H3. The third-order valence-corrected chi connectivity index (χ3v) is 3.10. The van der Waals surface area contributed by atoms with E-state index in [-0.39, 0.29) is 5.75 Å². The van der Waals surface area contributed by atoms with Gasteiger partial charge < -0.3 is 14.8 Å². The fourth-order valence-electron chi connectivity index (χ4n) is 1.93. The lowest BCUT2D eigenvalue weighted by Crippen LogP contribution is -2.17. The first kappa shape index (κ1) is 12.9. The number of rotatable bonds is 6. The van der Waals surface area contributed by atoms with Crippen LogP contribution in [0.4, 0.5) is 14.5 Å². The van der Waals surface area contributed by atoms with E-state index in [1.54, 1.807) is 18.2 Å². The molecular weight excluding hydrogens is 240 g/mol. The first-order valence-corrected chi connectivity index (χ1v) is 5.99. The van der Waals surface area contributed by atoms with Crippen LogP contribution in [0, 0.1) is 5.92 Å². The molecule has 5 heteroatoms. The van der Waals surface area contributed by atoms with Crippen molar-refractivity contribution >= 4 is 5.69 Å². The van der Waals surface area contributed by atoms with Crippen molar-refractivity contribution in [1.29, 1.82) is 0 Å². The summed E-state index contributed by atoms with van der Waals surface area (Å²) in [5.41, 5.74) is 0.769. The molecule has 2 rings (SSSR count). The van der Waals surface area contributed by atoms with Crippen molar-refractivity contribution in [3.63, 3.8) is 0 Å². The Morgan fingerprint density at radius 3 is 2.56 bits per heavy atom. The molecule has 18 heavy (non-hydrogen) atoms. The number of alkyl halides is 2. The molecule has 0 heterocycles. The van der Waals surface area contributed by atoms with Crippen LogP contribution in [-0.4, -0.2) is 19.8 Å². The van der Waals surface area contributed by atoms with Gasteiger partial charge in [0.25, 0.3) is 0 Å². The highest BCUT2D eigenvalue weighted by Crippen LogP contribution is 2.36. The molecule has 1 aromatic rings. The van der Waals surface area contributed by atoms with Gasteiger partial charge in [-0.15, -0.1) is 0 Å². The third-order valence-electron chi connectivity index (χ3n) is 3.10. The number of halogens is 2. The van der Waals surface area contributed by atoms with Crippen LogP contribution in [0.1, 0.15) is 19.8 Å². The highest BCUT2D eigenvalue weighted by atomic mass is 19.3. The Balaban J connectivity index is 2.10. The fraction of sp³-hybridized carbons (Fsp3) is 0.538. The summed E-state index contributed by atoms with van der Waals surface area (Å²) in [6, 6.07) is 5.32. The Labute approximate surface area is 105 Å². The van der Waals surface area contributed by atoms with Crippen molar-refractivity contribution in [2.45, 2.75) is 32.4 Å². The molecule has 1 aliphatic carbocycles. The molecule has 0 spiro atoms. The minimum atomic E-state index is -2.85. The molecule has 0 aliphatic heterocycles. The van der Waals surface area contributed by atoms with Gasteiger partial charge in [-0.25, -0.2) is 0 Å². The average molecular weight is 257 g/mol. The molecule has 0 radical (unpaired) electrons. The van der Waals surface area contributed by atoms with E-state index in [9.17, 15) is 8.78 Å². The molecule has 1 atom stereocenters. The zero-order valence-electron chi connectivity index (χ0n) is 10.5. The van der Waals surface area contributed by atoms with Crippen molar-refractivity contribution < 1.29 is 18.3 Å². The van der Waals surface area contributed by atoms with E-state index in [1.165, 1.54) is 20.0 Å². The maximum Gasteiger partial charge on any atom is 0.387 e. The molecule has 0 amide bonds. The number of benzene rings is 1. The van der Waals surface area contributed by atoms with Gasteiger partial charge in [0.15, 0.2) is 11.5 Å². The first-order chi connectivity index (χ1) is 8.60. The number of hydrogen-bond donors (Lipinski definition) is 1. The second-order valence-electron chi connectivity index (χ2n) is 4.51. The summed E-state index contributed by atoms with van der Waals surface area (Å²) in [7, 11) is 1.42. The van der Waals surface area contributed by atoms with Gasteiger partial charge in [-0.05, 0) is 37.8 Å². The molecule has 0 bridgehead atoms. The van der Waals surface area contributed by atoms with Crippen LogP contribution < -0.4 is 14.8 Å². The number of nitrogens with one attached hydrogen (secondary N) is 1. The number of methoxy groups -OCH3 is 1. The Kier molecular flexibility index (Phi) is 3.89. The van der Waals surface area contributed by atoms with Crippen LogP contribution in [0.5, 0.6) is 11.5 Å². The van der Waals surface area contributed by atoms with Gasteiger partial charge in [0.1, 0.15) is 0 Å². The molecule has 1 fully saturated rings. The molecule has 1 aromatic carbocycles. The van der Waals surface area contributed by atoms with Gasteiger partial charge >= 0.3 is 6.61 Å². The van der Waals surface area contributed by atoms with Crippen LogP contribution in [0.15, 0.2) is 18.2 Å². The molecule has 1 N–H and O–H groups in total. The highest BCUT2D eigenvalue weighted by molar-refractivity contribution is 5.55. The van der Waals surface area contributed by atoms with Crippen molar-refractivity contribution in [3.8, 4) is 11.5 Å². The highest BCUT2D eigenvalue weighted by Gasteiger charge is 2.27. The molecule has 1 aliphatic rings. The predicted molar refractivity (Wildman–Crippen MR) is 65.4 cm³/mol. The molecule has 1 unspecified atom stereocenters. The summed E-state index contributed by atoms with van der Waals surface area (Å²) in [5, 5.41) is 3.29. The van der Waals surface area contributed by atoms with Gasteiger partial charge in [0.2, 0.25) is 0 Å². The minimum Gasteiger partial charge on any atom is -0.493 e. The van der Waals surface area contributed by atoms with Crippen LogP contribution in [-0.2, 0) is 0 Å². The predicted octanol–water partition coefficient (Wildman–Crippen LogP) is 3.51. The maximum absolute atomic E-state index is 12.3. The lowest BCUT2D eigenvalue weighted by atomic mass is 10.2. The van der Waals surface area contributed by atoms with Crippen molar-refractivity contribution in [2.75, 3.05) is 12.4 Å². The normalized spacial score (nSPS) is 16.5. The molecule has 1 saturated carbocycles. The second-order valence-corrected chi connectivity index (χ2v) is 4.51. The quantitative estimate of drug-likeness (QED) is 0.846. The first-order valence-electron chi connectivity index (χ1n) is 5.99. The van der Waals surface area contributed by atoms with E-state index in [1.807, 2.05) is 0 Å². The van der Waals surface area contributed by atoms with Crippen molar-refractivity contribution in [3.05, 3.63) is 18.2 Å². The molecule has 100 valence electrons. The van der Waals surface area contributed by atoms with E-state index in [0.717, 1.165) is 5.69 Å². The van der Waals surface area contributed by atoms with Crippen molar-refractivity contribution in [2.24, 2.45) is 5.92 Å². The summed E-state index contributed by atoms with van der Waals surface area (Å²) >= 11 is 0. The number of ether oxygens (including phenoxy) is 2. The van der Waals surface area contributed by atoms with E-state index in [4.69, 9.17) is 4.74 Å². The van der Waals surface area contributed by atoms with Crippen LogP contribution in [0.25, 0.3) is 0 Å². The monoisotopic (exact) mass is 257 g/mol. The second kappa shape index (κ2) is 5.42. The van der Waals surface area contributed by atoms with Crippen LogP contribution in [0.3, 0.4) is 0 Å². The third kappa shape index (κ3) is 3.24. The maximum atomic E-state index is 12.3. The number of hydrogen-bond acceptors (Lipinski definition) is 3. The summed E-state index contributed by atoms with van der Waals surface area (Å²) < 4.78 is 34.0. The molecular formula is C13H17F2NO2. The summed E-state index contributed by atoms with van der Waals surface area (Å²) in [4.78, 5) is 0. The van der Waals surface area contributed by atoms with Crippen LogP contribution >= 0.6 is 0 Å². The Morgan fingerprint density at radius 2 is 2.00 bits per heavy atom. The lowest BCUT2D eigenvalue weighted by molar-refractivity contribution is -0.0511. The van der Waals surface area contributed by atoms with Gasteiger partial charge in [-0.2, -0.15) is 8.78 Å². The van der Waals surface area contributed by atoms with E-state index >= 15 is 0 Å². The topological polar surface area (TPSA) is 30.5 Å². The average Bonchev–Trinajstić information content (AvgIpc) is 3.12. The van der Waals surface area contributed by atoms with Crippen LogP contribution in [0.2, 0.25) is 0 Å². The summed E-state index contributed by atoms with van der Waals surface area (Å²) in [5.74, 6) is 1.05. The molecule has 3 nitrogen and oxygen atoms in total. The zero-order chi connectivity index (χ0) is 13.1. The summed E-state index contributed by atoms with van der Waals surface area (Å²) in [6.07, 6.45) is 2.45. The minimum absolute atomic E-state index is 0.0560. The fourth-order valence-corrected chi connectivity index (χ4v) is 1.93. The van der Waals surface area contributed by atoms with E-state index < -0.39 is 6.61 Å². The molecule has 0 saturated heterocycles. The van der Waals surface area contributed by atoms with E-state index in [0.29, 0.717) is 17.7 Å². The summed E-state index contributed by atoms with van der Waals surface area (Å²) in [6.45, 7) is -0.759. The Hall–Kier alpha value is -1.52. The lowest BCUT2D eigenvalue weighted by Gasteiger charge is -2.16. The van der Waals surface area contributed by atoms with Gasteiger partial charge in [0.05, 0.1) is 7.11 Å². The van der Waals surface area contributed by atoms with Gasteiger partial charge in [-0.1, -0.05) is 0 Å². The smallest absolute Gasteiger partial charge is 0.387 e. The van der Waals surface area contributed by atoms with Gasteiger partial charge in [0, 0.05) is 17.8 Å². The van der Waals surface area contributed by atoms with E-state index in [2.05, 4.69) is 17.0 Å².